The van der Waals surface area contributed by atoms with Crippen molar-refractivity contribution in [3.8, 4) is 0 Å². The number of urea groups is 1. The van der Waals surface area contributed by atoms with Gasteiger partial charge in [-0.1, -0.05) is 0 Å². The molecule has 1 aromatic rings. The highest BCUT2D eigenvalue weighted by Crippen LogP contribution is 1.95. The van der Waals surface area contributed by atoms with Crippen molar-refractivity contribution >= 4 is 18.0 Å². The van der Waals surface area contributed by atoms with E-state index in [1.165, 1.54) is 6.20 Å². The average molecular weight is 282 g/mol. The van der Waals surface area contributed by atoms with Crippen molar-refractivity contribution in [3.63, 3.8) is 0 Å². The molecule has 1 heterocycles. The smallest absolute Gasteiger partial charge is 0.326 e. The van der Waals surface area contributed by atoms with Crippen LogP contribution in [0.3, 0.4) is 0 Å². The lowest BCUT2D eigenvalue weighted by Gasteiger charge is -2.13. The average Bonchev–Trinajstić information content (AvgIpc) is 2.35. The summed E-state index contributed by atoms with van der Waals surface area (Å²) in [6.07, 6.45) is 0.830. The number of carbonyl (C=O) groups is 3. The third-order valence-electron chi connectivity index (χ3n) is 2.25. The molecule has 1 rings (SSSR count). The Hall–Kier alpha value is -2.71. The van der Waals surface area contributed by atoms with Crippen LogP contribution < -0.4 is 10.6 Å². The fourth-order valence-corrected chi connectivity index (χ4v) is 1.36. The fourth-order valence-electron chi connectivity index (χ4n) is 1.36. The summed E-state index contributed by atoms with van der Waals surface area (Å²) in [5, 5.41) is 21.7. The molecular formula is C11H14N4O5. The van der Waals surface area contributed by atoms with E-state index in [1.54, 1.807) is 13.0 Å². The normalized spacial score (nSPS) is 11.4. The van der Waals surface area contributed by atoms with Gasteiger partial charge in [-0.3, -0.25) is 4.79 Å². The quantitative estimate of drug-likeness (QED) is 0.551. The van der Waals surface area contributed by atoms with Crippen LogP contribution in [0, 0.1) is 6.92 Å². The maximum absolute atomic E-state index is 11.5. The molecular weight excluding hydrogens is 268 g/mol. The van der Waals surface area contributed by atoms with Gasteiger partial charge in [-0.2, -0.15) is 0 Å². The highest BCUT2D eigenvalue weighted by molar-refractivity contribution is 5.86. The minimum Gasteiger partial charge on any atom is -0.481 e. The van der Waals surface area contributed by atoms with Crippen molar-refractivity contribution in [3.05, 3.63) is 23.8 Å². The van der Waals surface area contributed by atoms with Crippen LogP contribution in [0.4, 0.5) is 4.79 Å². The largest absolute Gasteiger partial charge is 0.481 e. The van der Waals surface area contributed by atoms with E-state index in [1.807, 2.05) is 0 Å². The first-order valence-electron chi connectivity index (χ1n) is 5.66. The molecule has 0 saturated carbocycles. The minimum absolute atomic E-state index is 0.0780. The fraction of sp³-hybridized carbons (Fsp3) is 0.364. The molecule has 0 aliphatic rings. The maximum atomic E-state index is 11.5. The third-order valence-corrected chi connectivity index (χ3v) is 2.25. The monoisotopic (exact) mass is 282 g/mol. The number of nitrogens with one attached hydrogen (secondary N) is 2. The minimum atomic E-state index is -1.49. The van der Waals surface area contributed by atoms with Crippen molar-refractivity contribution in [2.75, 3.05) is 0 Å². The van der Waals surface area contributed by atoms with Crippen molar-refractivity contribution in [2.24, 2.45) is 0 Å². The van der Waals surface area contributed by atoms with Gasteiger partial charge in [0.15, 0.2) is 0 Å². The van der Waals surface area contributed by atoms with Crippen molar-refractivity contribution in [1.29, 1.82) is 0 Å². The summed E-state index contributed by atoms with van der Waals surface area (Å²) in [6.45, 7) is 1.77. The Balaban J connectivity index is 2.49. The Bertz CT molecular complexity index is 519. The molecule has 0 aromatic carbocycles. The topological polar surface area (TPSA) is 142 Å². The predicted octanol–water partition coefficient (Wildman–Crippen LogP) is -0.488. The number of carboxylic acids is 2. The van der Waals surface area contributed by atoms with E-state index in [9.17, 15) is 14.4 Å². The van der Waals surface area contributed by atoms with Crippen LogP contribution in [-0.4, -0.2) is 44.2 Å². The van der Waals surface area contributed by atoms with Crippen molar-refractivity contribution in [2.45, 2.75) is 25.9 Å². The number of carboxylic acid groups (broad SMARTS) is 2. The summed E-state index contributed by atoms with van der Waals surface area (Å²) in [5.74, 6) is -2.19. The van der Waals surface area contributed by atoms with Gasteiger partial charge in [0.05, 0.1) is 18.7 Å². The molecule has 4 N–H and O–H groups in total. The third kappa shape index (κ3) is 5.29. The molecule has 0 spiro atoms. The molecule has 0 saturated heterocycles. The molecule has 9 nitrogen and oxygen atoms in total. The first-order valence-corrected chi connectivity index (χ1v) is 5.66. The SMILES string of the molecule is Cc1nccc(CNC(=O)NC(CC(=O)O)C(=O)O)n1. The summed E-state index contributed by atoms with van der Waals surface area (Å²) in [7, 11) is 0. The van der Waals surface area contributed by atoms with E-state index in [-0.39, 0.29) is 6.54 Å². The van der Waals surface area contributed by atoms with Crippen LogP contribution >= 0.6 is 0 Å². The Kier molecular flexibility index (Phi) is 5.39. The van der Waals surface area contributed by atoms with Gasteiger partial charge >= 0.3 is 18.0 Å². The predicted molar refractivity (Wildman–Crippen MR) is 65.8 cm³/mol. The van der Waals surface area contributed by atoms with Crippen LogP contribution in [0.5, 0.6) is 0 Å². The van der Waals surface area contributed by atoms with Crippen LogP contribution in [0.15, 0.2) is 12.3 Å². The number of nitrogens with zero attached hydrogens (tertiary/aromatic N) is 2. The number of amides is 2. The van der Waals surface area contributed by atoms with Gasteiger partial charge in [-0.15, -0.1) is 0 Å². The highest BCUT2D eigenvalue weighted by Gasteiger charge is 2.22. The van der Waals surface area contributed by atoms with Crippen LogP contribution in [0.2, 0.25) is 0 Å². The molecule has 1 atom stereocenters. The van der Waals surface area contributed by atoms with Crippen molar-refractivity contribution < 1.29 is 24.6 Å². The van der Waals surface area contributed by atoms with E-state index in [0.29, 0.717) is 11.5 Å². The summed E-state index contributed by atoms with van der Waals surface area (Å²) < 4.78 is 0. The molecule has 1 unspecified atom stereocenters. The van der Waals surface area contributed by atoms with E-state index in [4.69, 9.17) is 10.2 Å². The Morgan fingerprint density at radius 1 is 1.35 bits per heavy atom. The Morgan fingerprint density at radius 2 is 2.05 bits per heavy atom. The highest BCUT2D eigenvalue weighted by atomic mass is 16.4. The second kappa shape index (κ2) is 7.02. The number of aliphatic carboxylic acids is 2. The van der Waals surface area contributed by atoms with E-state index in [0.717, 1.165) is 0 Å². The van der Waals surface area contributed by atoms with Crippen LogP contribution in [0.25, 0.3) is 0 Å². The van der Waals surface area contributed by atoms with Gasteiger partial charge in [-0.05, 0) is 13.0 Å². The molecule has 9 heteroatoms. The van der Waals surface area contributed by atoms with Crippen molar-refractivity contribution in [1.82, 2.24) is 20.6 Å². The molecule has 0 fully saturated rings. The molecule has 0 radical (unpaired) electrons. The van der Waals surface area contributed by atoms with E-state index in [2.05, 4.69) is 20.6 Å². The van der Waals surface area contributed by atoms with Gasteiger partial charge < -0.3 is 20.8 Å². The molecule has 0 aliphatic carbocycles. The van der Waals surface area contributed by atoms with Gasteiger partial charge in [0.2, 0.25) is 0 Å². The molecule has 0 bridgehead atoms. The molecule has 20 heavy (non-hydrogen) atoms. The Labute approximate surface area is 114 Å². The second-order valence-electron chi connectivity index (χ2n) is 3.91. The summed E-state index contributed by atoms with van der Waals surface area (Å²) in [4.78, 5) is 40.6. The molecule has 1 aromatic heterocycles. The van der Waals surface area contributed by atoms with E-state index >= 15 is 0 Å². The number of carbonyl (C=O) groups excluding carboxylic acids is 1. The lowest BCUT2D eigenvalue weighted by molar-refractivity contribution is -0.145. The first-order chi connectivity index (χ1) is 9.38. The zero-order valence-electron chi connectivity index (χ0n) is 10.7. The lowest BCUT2D eigenvalue weighted by Crippen LogP contribution is -2.46. The van der Waals surface area contributed by atoms with Gasteiger partial charge in [0, 0.05) is 6.20 Å². The van der Waals surface area contributed by atoms with Crippen LogP contribution in [0.1, 0.15) is 17.9 Å². The molecule has 2 amide bonds. The first kappa shape index (κ1) is 15.3. The number of aromatic nitrogens is 2. The number of aryl methyl sites for hydroxylation is 1. The van der Waals surface area contributed by atoms with Gasteiger partial charge in [0.25, 0.3) is 0 Å². The zero-order valence-corrected chi connectivity index (χ0v) is 10.7. The standard InChI is InChI=1S/C11H14N4O5/c1-6-12-3-2-7(14-6)5-13-11(20)15-8(10(18)19)4-9(16)17/h2-3,8H,4-5H2,1H3,(H,16,17)(H,18,19)(H2,13,15,20). The zero-order chi connectivity index (χ0) is 15.1. The van der Waals surface area contributed by atoms with Crippen LogP contribution in [-0.2, 0) is 16.1 Å². The summed E-state index contributed by atoms with van der Waals surface area (Å²) in [6, 6.07) is -0.672. The molecule has 0 aliphatic heterocycles. The lowest BCUT2D eigenvalue weighted by atomic mass is 10.2. The second-order valence-corrected chi connectivity index (χ2v) is 3.91. The Morgan fingerprint density at radius 3 is 2.60 bits per heavy atom. The number of hydrogen-bond donors (Lipinski definition) is 4. The summed E-state index contributed by atoms with van der Waals surface area (Å²) >= 11 is 0. The maximum Gasteiger partial charge on any atom is 0.326 e. The summed E-state index contributed by atoms with van der Waals surface area (Å²) in [5.41, 5.74) is 0.553. The number of hydrogen-bond acceptors (Lipinski definition) is 5. The van der Waals surface area contributed by atoms with Gasteiger partial charge in [0.1, 0.15) is 11.9 Å². The van der Waals surface area contributed by atoms with E-state index < -0.39 is 30.4 Å². The molecule has 108 valence electrons. The number of rotatable bonds is 6. The van der Waals surface area contributed by atoms with Gasteiger partial charge in [-0.25, -0.2) is 19.6 Å².